The summed E-state index contributed by atoms with van der Waals surface area (Å²) in [5.41, 5.74) is 0. The van der Waals surface area contributed by atoms with Crippen molar-refractivity contribution in [3.05, 3.63) is 0 Å². The van der Waals surface area contributed by atoms with Crippen molar-refractivity contribution >= 4 is 25.3 Å². The molecule has 0 nitrogen and oxygen atoms in total. The maximum atomic E-state index is 4.51. The molecule has 2 heteroatoms. The minimum Gasteiger partial charge on any atom is -0.176 e. The van der Waals surface area contributed by atoms with Gasteiger partial charge in [-0.25, -0.2) is 0 Å². The molecule has 2 fully saturated rings. The molecule has 0 spiro atoms. The fourth-order valence-electron chi connectivity index (χ4n) is 2.28. The fourth-order valence-corrected chi connectivity index (χ4v) is 3.67. The van der Waals surface area contributed by atoms with Crippen LogP contribution < -0.4 is 0 Å². The van der Waals surface area contributed by atoms with Crippen molar-refractivity contribution < 1.29 is 0 Å². The molecule has 0 aromatic carbocycles. The zero-order valence-corrected chi connectivity index (χ0v) is 7.11. The van der Waals surface area contributed by atoms with Crippen LogP contribution in [0.25, 0.3) is 0 Å². The predicted octanol–water partition coefficient (Wildman–Crippen LogP) is 2.01. The van der Waals surface area contributed by atoms with Gasteiger partial charge in [-0.2, -0.15) is 25.3 Å². The summed E-state index contributed by atoms with van der Waals surface area (Å²) in [6.07, 6.45) is 4.11. The van der Waals surface area contributed by atoms with Crippen LogP contribution in [0.5, 0.6) is 0 Å². The predicted molar refractivity (Wildman–Crippen MR) is 46.4 cm³/mol. The normalized spacial score (nSPS) is 56.7. The summed E-state index contributed by atoms with van der Waals surface area (Å²) in [5, 5.41) is 1.34. The summed E-state index contributed by atoms with van der Waals surface area (Å²) in [5.74, 6) is 1.81. The van der Waals surface area contributed by atoms with Gasteiger partial charge in [0.05, 0.1) is 0 Å². The van der Waals surface area contributed by atoms with E-state index in [2.05, 4.69) is 25.3 Å². The van der Waals surface area contributed by atoms with E-state index >= 15 is 0 Å². The van der Waals surface area contributed by atoms with E-state index in [1.165, 1.54) is 19.3 Å². The van der Waals surface area contributed by atoms with E-state index in [4.69, 9.17) is 0 Å². The highest BCUT2D eigenvalue weighted by molar-refractivity contribution is 7.82. The van der Waals surface area contributed by atoms with Gasteiger partial charge in [-0.3, -0.25) is 0 Å². The standard InChI is InChI=1S/C7H12S2/c8-6-2-4-1-5(6)7(9)3-4/h4-9H,1-3H2/t4?,5?,6-,7-/m0/s1. The van der Waals surface area contributed by atoms with Crippen LogP contribution in [0.2, 0.25) is 0 Å². The molecular formula is C7H12S2. The molecule has 2 aliphatic carbocycles. The van der Waals surface area contributed by atoms with Gasteiger partial charge in [0.15, 0.2) is 0 Å². The Bertz CT molecular complexity index is 112. The molecule has 0 heterocycles. The molecule has 9 heavy (non-hydrogen) atoms. The molecule has 0 aromatic heterocycles. The lowest BCUT2D eigenvalue weighted by atomic mass is 10.00. The SMILES string of the molecule is S[C@H]1CC2CC1[C@@H](S)C2. The molecule has 0 N–H and O–H groups in total. The summed E-state index contributed by atoms with van der Waals surface area (Å²) >= 11 is 9.02. The molecule has 2 bridgehead atoms. The van der Waals surface area contributed by atoms with Crippen LogP contribution in [-0.2, 0) is 0 Å². The van der Waals surface area contributed by atoms with Crippen molar-refractivity contribution in [3.8, 4) is 0 Å². The maximum Gasteiger partial charge on any atom is 0.00582 e. The Kier molecular flexibility index (Phi) is 1.49. The summed E-state index contributed by atoms with van der Waals surface area (Å²) < 4.78 is 0. The molecule has 0 radical (unpaired) electrons. The Morgan fingerprint density at radius 3 is 1.67 bits per heavy atom. The van der Waals surface area contributed by atoms with E-state index in [1.807, 2.05) is 0 Å². The Labute approximate surface area is 67.2 Å². The molecule has 2 aliphatic rings. The number of hydrogen-bond acceptors (Lipinski definition) is 2. The molecule has 2 rings (SSSR count). The van der Waals surface area contributed by atoms with Crippen molar-refractivity contribution in [1.29, 1.82) is 0 Å². The van der Waals surface area contributed by atoms with Gasteiger partial charge < -0.3 is 0 Å². The van der Waals surface area contributed by atoms with Crippen LogP contribution in [0.3, 0.4) is 0 Å². The van der Waals surface area contributed by atoms with Crippen molar-refractivity contribution in [3.63, 3.8) is 0 Å². The summed E-state index contributed by atoms with van der Waals surface area (Å²) in [7, 11) is 0. The first-order valence-electron chi connectivity index (χ1n) is 3.63. The van der Waals surface area contributed by atoms with E-state index in [0.717, 1.165) is 11.8 Å². The first-order chi connectivity index (χ1) is 4.27. The lowest BCUT2D eigenvalue weighted by Gasteiger charge is -2.21. The summed E-state index contributed by atoms with van der Waals surface area (Å²) in [6, 6.07) is 0. The molecule has 0 unspecified atom stereocenters. The Morgan fingerprint density at radius 2 is 1.44 bits per heavy atom. The molecule has 0 saturated heterocycles. The van der Waals surface area contributed by atoms with Gasteiger partial charge in [-0.1, -0.05) is 0 Å². The molecule has 2 atom stereocenters. The third-order valence-corrected chi connectivity index (χ3v) is 3.93. The lowest BCUT2D eigenvalue weighted by Crippen LogP contribution is -2.20. The van der Waals surface area contributed by atoms with Crippen molar-refractivity contribution in [2.75, 3.05) is 0 Å². The van der Waals surface area contributed by atoms with Crippen LogP contribution in [0, 0.1) is 11.8 Å². The minimum absolute atomic E-state index is 0.672. The molecule has 2 saturated carbocycles. The second kappa shape index (κ2) is 2.09. The average molecular weight is 160 g/mol. The number of rotatable bonds is 0. The largest absolute Gasteiger partial charge is 0.176 e. The van der Waals surface area contributed by atoms with Gasteiger partial charge in [0.25, 0.3) is 0 Å². The smallest absolute Gasteiger partial charge is 0.00582 e. The van der Waals surface area contributed by atoms with Crippen molar-refractivity contribution in [1.82, 2.24) is 0 Å². The van der Waals surface area contributed by atoms with Gasteiger partial charge >= 0.3 is 0 Å². The minimum atomic E-state index is 0.672. The van der Waals surface area contributed by atoms with Gasteiger partial charge in [-0.15, -0.1) is 0 Å². The van der Waals surface area contributed by atoms with Crippen molar-refractivity contribution in [2.45, 2.75) is 29.8 Å². The molecule has 0 aromatic rings. The zero-order chi connectivity index (χ0) is 6.43. The van der Waals surface area contributed by atoms with Gasteiger partial charge in [0.1, 0.15) is 0 Å². The van der Waals surface area contributed by atoms with Crippen LogP contribution in [0.1, 0.15) is 19.3 Å². The van der Waals surface area contributed by atoms with Crippen LogP contribution in [0.4, 0.5) is 0 Å². The van der Waals surface area contributed by atoms with Gasteiger partial charge in [0, 0.05) is 10.5 Å². The summed E-state index contributed by atoms with van der Waals surface area (Å²) in [4.78, 5) is 0. The van der Waals surface area contributed by atoms with Crippen LogP contribution in [-0.4, -0.2) is 10.5 Å². The van der Waals surface area contributed by atoms with E-state index < -0.39 is 0 Å². The lowest BCUT2D eigenvalue weighted by molar-refractivity contribution is 0.507. The van der Waals surface area contributed by atoms with E-state index in [0.29, 0.717) is 10.5 Å². The van der Waals surface area contributed by atoms with Gasteiger partial charge in [0.2, 0.25) is 0 Å². The molecule has 0 amide bonds. The van der Waals surface area contributed by atoms with E-state index in [-0.39, 0.29) is 0 Å². The highest BCUT2D eigenvalue weighted by Crippen LogP contribution is 2.48. The highest BCUT2D eigenvalue weighted by atomic mass is 32.1. The third kappa shape index (κ3) is 0.911. The topological polar surface area (TPSA) is 0 Å². The summed E-state index contributed by atoms with van der Waals surface area (Å²) in [6.45, 7) is 0. The van der Waals surface area contributed by atoms with E-state index in [1.54, 1.807) is 0 Å². The number of fused-ring (bicyclic) bond motifs is 2. The first kappa shape index (κ1) is 6.41. The van der Waals surface area contributed by atoms with Gasteiger partial charge in [-0.05, 0) is 31.1 Å². The number of thiol groups is 2. The Morgan fingerprint density at radius 1 is 0.889 bits per heavy atom. The third-order valence-electron chi connectivity index (χ3n) is 2.74. The monoisotopic (exact) mass is 160 g/mol. The molecular weight excluding hydrogens is 148 g/mol. The zero-order valence-electron chi connectivity index (χ0n) is 5.33. The Hall–Kier alpha value is 0.700. The maximum absolute atomic E-state index is 4.51. The quantitative estimate of drug-likeness (QED) is 0.498. The second-order valence-electron chi connectivity index (χ2n) is 3.37. The van der Waals surface area contributed by atoms with Crippen LogP contribution in [0.15, 0.2) is 0 Å². The second-order valence-corrected chi connectivity index (χ2v) is 4.70. The van der Waals surface area contributed by atoms with Crippen molar-refractivity contribution in [2.24, 2.45) is 11.8 Å². The first-order valence-corrected chi connectivity index (χ1v) is 4.67. The molecule has 52 valence electrons. The highest BCUT2D eigenvalue weighted by Gasteiger charge is 2.42. The van der Waals surface area contributed by atoms with E-state index in [9.17, 15) is 0 Å². The average Bonchev–Trinajstić information content (AvgIpc) is 2.22. The molecule has 0 aliphatic heterocycles. The Balaban J connectivity index is 2.13. The van der Waals surface area contributed by atoms with Crippen LogP contribution >= 0.6 is 25.3 Å². The fraction of sp³-hybridized carbons (Fsp3) is 1.00. The number of hydrogen-bond donors (Lipinski definition) is 2.